The van der Waals surface area contributed by atoms with Gasteiger partial charge in [-0.25, -0.2) is 4.98 Å². The Morgan fingerprint density at radius 3 is 2.42 bits per heavy atom. The Bertz CT molecular complexity index is 1730. The van der Waals surface area contributed by atoms with E-state index in [9.17, 15) is 4.79 Å². The minimum Gasteiger partial charge on any atom is -0.494 e. The lowest BCUT2D eigenvalue weighted by molar-refractivity contribution is 0.335. The molecule has 0 saturated carbocycles. The molecule has 0 saturated heterocycles. The Kier molecular flexibility index (Phi) is 7.82. The second-order valence-corrected chi connectivity index (χ2v) is 9.84. The van der Waals surface area contributed by atoms with Crippen molar-refractivity contribution in [1.82, 2.24) is 14.2 Å². The number of rotatable bonds is 9. The van der Waals surface area contributed by atoms with Gasteiger partial charge in [-0.15, -0.1) is 0 Å². The highest BCUT2D eigenvalue weighted by Crippen LogP contribution is 2.34. The van der Waals surface area contributed by atoms with Gasteiger partial charge >= 0.3 is 0 Å². The molecule has 0 aliphatic carbocycles. The van der Waals surface area contributed by atoms with E-state index in [2.05, 4.69) is 19.9 Å². The third-order valence-corrected chi connectivity index (χ3v) is 6.79. The van der Waals surface area contributed by atoms with Crippen molar-refractivity contribution in [3.63, 3.8) is 0 Å². The molecule has 3 aromatic carbocycles. The molecule has 2 heterocycles. The minimum atomic E-state index is -0.226. The molecule has 5 rings (SSSR count). The van der Waals surface area contributed by atoms with Gasteiger partial charge in [-0.2, -0.15) is 9.78 Å². The number of hydrogen-bond donors (Lipinski definition) is 0. The van der Waals surface area contributed by atoms with Crippen molar-refractivity contribution in [2.24, 2.45) is 5.10 Å². The predicted octanol–water partition coefficient (Wildman–Crippen LogP) is 6.97. The monoisotopic (exact) mass is 534 g/mol. The predicted molar refractivity (Wildman–Crippen MR) is 161 cm³/mol. The smallest absolute Gasteiger partial charge is 0.282 e. The molecule has 0 unspecified atom stereocenters. The number of fused-ring (bicyclic) bond motifs is 1. The van der Waals surface area contributed by atoms with Crippen LogP contribution in [0.25, 0.3) is 28.0 Å². The van der Waals surface area contributed by atoms with Gasteiger partial charge in [-0.1, -0.05) is 26.0 Å². The molecule has 0 atom stereocenters. The fraction of sp³-hybridized carbons (Fsp3) is 0.242. The minimum absolute atomic E-state index is 0.224. The summed E-state index contributed by atoms with van der Waals surface area (Å²) in [6.45, 7) is 11.4. The zero-order valence-corrected chi connectivity index (χ0v) is 23.6. The first-order valence-corrected chi connectivity index (χ1v) is 13.7. The molecule has 0 fully saturated rings. The number of ether oxygens (including phenoxy) is 2. The largest absolute Gasteiger partial charge is 0.494 e. The number of nitrogens with zero attached hydrogens (tertiary/aromatic N) is 4. The fourth-order valence-corrected chi connectivity index (χ4v) is 4.80. The van der Waals surface area contributed by atoms with Crippen LogP contribution in [0.3, 0.4) is 0 Å². The molecule has 0 amide bonds. The summed E-state index contributed by atoms with van der Waals surface area (Å²) in [6.07, 6.45) is 3.66. The quantitative estimate of drug-likeness (QED) is 0.192. The van der Waals surface area contributed by atoms with Crippen molar-refractivity contribution < 1.29 is 9.47 Å². The van der Waals surface area contributed by atoms with Gasteiger partial charge in [0, 0.05) is 17.4 Å². The summed E-state index contributed by atoms with van der Waals surface area (Å²) in [5, 5.41) is 5.23. The van der Waals surface area contributed by atoms with E-state index in [0.29, 0.717) is 29.9 Å². The second kappa shape index (κ2) is 11.6. The van der Waals surface area contributed by atoms with E-state index >= 15 is 0 Å². The van der Waals surface area contributed by atoms with Crippen LogP contribution in [0.2, 0.25) is 0 Å². The summed E-state index contributed by atoms with van der Waals surface area (Å²) in [7, 11) is 0. The average molecular weight is 535 g/mol. The van der Waals surface area contributed by atoms with Crippen LogP contribution < -0.4 is 15.0 Å². The normalized spacial score (nSPS) is 11.6. The van der Waals surface area contributed by atoms with Crippen LogP contribution in [0, 0.1) is 6.92 Å². The Morgan fingerprint density at radius 2 is 1.70 bits per heavy atom. The van der Waals surface area contributed by atoms with Gasteiger partial charge < -0.3 is 14.0 Å². The molecule has 2 aromatic heterocycles. The number of para-hydroxylation sites is 1. The molecule has 0 aliphatic heterocycles. The molecule has 204 valence electrons. The molecule has 7 heteroatoms. The van der Waals surface area contributed by atoms with Crippen molar-refractivity contribution in [3.8, 4) is 28.6 Å². The van der Waals surface area contributed by atoms with E-state index in [1.165, 1.54) is 4.68 Å². The van der Waals surface area contributed by atoms with Crippen LogP contribution in [-0.4, -0.2) is 33.7 Å². The van der Waals surface area contributed by atoms with Crippen molar-refractivity contribution >= 4 is 17.1 Å². The average Bonchev–Trinajstić information content (AvgIpc) is 3.42. The third-order valence-electron chi connectivity index (χ3n) is 6.79. The Hall–Kier alpha value is -4.65. The SMILES string of the molecule is CCOc1ccc(-n2cccc2C=Nn2c(-c3cc(C(C)C)c(OCC)cc3C)nc3ccccc3c2=O)cc1. The highest BCUT2D eigenvalue weighted by atomic mass is 16.5. The first-order chi connectivity index (χ1) is 19.4. The van der Waals surface area contributed by atoms with E-state index in [0.717, 1.165) is 39.6 Å². The van der Waals surface area contributed by atoms with E-state index < -0.39 is 0 Å². The van der Waals surface area contributed by atoms with E-state index in [1.54, 1.807) is 12.3 Å². The van der Waals surface area contributed by atoms with E-state index in [1.807, 2.05) is 92.2 Å². The summed E-state index contributed by atoms with van der Waals surface area (Å²) in [6, 6.07) is 23.3. The van der Waals surface area contributed by atoms with Gasteiger partial charge in [0.15, 0.2) is 5.82 Å². The summed E-state index contributed by atoms with van der Waals surface area (Å²) < 4.78 is 14.9. The topological polar surface area (TPSA) is 70.6 Å². The zero-order chi connectivity index (χ0) is 28.2. The molecule has 7 nitrogen and oxygen atoms in total. The van der Waals surface area contributed by atoms with Crippen molar-refractivity contribution in [1.29, 1.82) is 0 Å². The van der Waals surface area contributed by atoms with Gasteiger partial charge in [0.2, 0.25) is 0 Å². The van der Waals surface area contributed by atoms with Crippen molar-refractivity contribution in [3.05, 3.63) is 106 Å². The molecule has 0 spiro atoms. The maximum atomic E-state index is 13.8. The molecular weight excluding hydrogens is 500 g/mol. The Labute approximate surface area is 234 Å². The van der Waals surface area contributed by atoms with Crippen LogP contribution in [0.5, 0.6) is 11.5 Å². The first-order valence-electron chi connectivity index (χ1n) is 13.7. The lowest BCUT2D eigenvalue weighted by Gasteiger charge is -2.18. The van der Waals surface area contributed by atoms with Crippen LogP contribution in [0.1, 0.15) is 50.4 Å². The molecular formula is C33H34N4O3. The molecule has 5 aromatic rings. The maximum Gasteiger partial charge on any atom is 0.282 e. The fourth-order valence-electron chi connectivity index (χ4n) is 4.80. The number of hydrogen-bond acceptors (Lipinski definition) is 5. The Balaban J connectivity index is 1.65. The summed E-state index contributed by atoms with van der Waals surface area (Å²) in [5.74, 6) is 2.38. The van der Waals surface area contributed by atoms with E-state index in [-0.39, 0.29) is 11.5 Å². The number of aryl methyl sites for hydroxylation is 1. The third kappa shape index (κ3) is 5.27. The van der Waals surface area contributed by atoms with Crippen molar-refractivity contribution in [2.75, 3.05) is 13.2 Å². The molecule has 0 N–H and O–H groups in total. The molecule has 0 radical (unpaired) electrons. The van der Waals surface area contributed by atoms with Crippen LogP contribution in [-0.2, 0) is 0 Å². The van der Waals surface area contributed by atoms with Gasteiger partial charge in [0.1, 0.15) is 11.5 Å². The highest BCUT2D eigenvalue weighted by Gasteiger charge is 2.18. The number of aromatic nitrogens is 3. The van der Waals surface area contributed by atoms with Gasteiger partial charge in [-0.3, -0.25) is 4.79 Å². The van der Waals surface area contributed by atoms with Gasteiger partial charge in [-0.05, 0) is 98.5 Å². The number of benzene rings is 3. The molecule has 40 heavy (non-hydrogen) atoms. The van der Waals surface area contributed by atoms with Crippen molar-refractivity contribution in [2.45, 2.75) is 40.5 Å². The summed E-state index contributed by atoms with van der Waals surface area (Å²) >= 11 is 0. The maximum absolute atomic E-state index is 13.8. The zero-order valence-electron chi connectivity index (χ0n) is 23.6. The van der Waals surface area contributed by atoms with Gasteiger partial charge in [0.25, 0.3) is 5.56 Å². The summed E-state index contributed by atoms with van der Waals surface area (Å²) in [4.78, 5) is 18.7. The second-order valence-electron chi connectivity index (χ2n) is 9.84. The lowest BCUT2D eigenvalue weighted by Crippen LogP contribution is -2.21. The standard InChI is InChI=1S/C33H34N4O3/c1-6-39-26-16-14-24(15-17-26)36-18-10-11-25(36)21-34-37-32(35-30-13-9-8-12-27(30)33(37)38)29-20-28(22(3)4)31(40-7-2)19-23(29)5/h8-22H,6-7H2,1-5H3. The van der Waals surface area contributed by atoms with Crippen LogP contribution in [0.15, 0.2) is 88.9 Å². The lowest BCUT2D eigenvalue weighted by atomic mass is 9.96. The summed E-state index contributed by atoms with van der Waals surface area (Å²) in [5.41, 5.74) is 5.04. The van der Waals surface area contributed by atoms with Crippen LogP contribution in [0.4, 0.5) is 0 Å². The first kappa shape index (κ1) is 26.9. The highest BCUT2D eigenvalue weighted by molar-refractivity contribution is 5.82. The van der Waals surface area contributed by atoms with Gasteiger partial charge in [0.05, 0.1) is 36.0 Å². The van der Waals surface area contributed by atoms with Crippen LogP contribution >= 0.6 is 0 Å². The molecule has 0 bridgehead atoms. The molecule has 0 aliphatic rings. The Morgan fingerprint density at radius 1 is 0.950 bits per heavy atom. The van der Waals surface area contributed by atoms with E-state index in [4.69, 9.17) is 19.6 Å².